The first-order valence-electron chi connectivity index (χ1n) is 5.98. The summed E-state index contributed by atoms with van der Waals surface area (Å²) in [6, 6.07) is 5.66. The monoisotopic (exact) mass is 291 g/mol. The van der Waals surface area contributed by atoms with Gasteiger partial charge in [-0.3, -0.25) is 4.79 Å². The Morgan fingerprint density at radius 1 is 1.37 bits per heavy atom. The third-order valence-corrected chi connectivity index (χ3v) is 2.82. The number of amides is 1. The van der Waals surface area contributed by atoms with Gasteiger partial charge in [0.25, 0.3) is 5.91 Å². The minimum absolute atomic E-state index is 0.0374. The zero-order valence-electron chi connectivity index (χ0n) is 10.6. The Kier molecular flexibility index (Phi) is 6.56. The number of carbonyl (C=O) groups excluding carboxylic acids is 1. The molecule has 0 aliphatic heterocycles. The number of rotatable bonds is 7. The number of alkyl halides is 3. The Hall–Kier alpha value is -1.36. The van der Waals surface area contributed by atoms with Crippen LogP contribution in [0.25, 0.3) is 0 Å². The number of carbonyl (C=O) groups is 1. The lowest BCUT2D eigenvalue weighted by Gasteiger charge is -2.20. The largest absolute Gasteiger partial charge is 0.435 e. The van der Waals surface area contributed by atoms with E-state index in [1.165, 1.54) is 24.3 Å². The van der Waals surface area contributed by atoms with Gasteiger partial charge < -0.3 is 9.64 Å². The minimum Gasteiger partial charge on any atom is -0.435 e. The van der Waals surface area contributed by atoms with Gasteiger partial charge in [-0.25, -0.2) is 0 Å². The topological polar surface area (TPSA) is 29.5 Å². The molecule has 0 fully saturated rings. The Balaban J connectivity index is 2.70. The molecule has 0 saturated carbocycles. The van der Waals surface area contributed by atoms with E-state index >= 15 is 0 Å². The van der Waals surface area contributed by atoms with Gasteiger partial charge in [-0.15, -0.1) is 11.6 Å². The van der Waals surface area contributed by atoms with Crippen molar-refractivity contribution in [3.8, 4) is 5.75 Å². The SMILES string of the molecule is CCN(CCCCl)C(=O)c1ccc(OC(F)F)cc1. The molecule has 1 aromatic rings. The van der Waals surface area contributed by atoms with E-state index in [-0.39, 0.29) is 11.7 Å². The van der Waals surface area contributed by atoms with Gasteiger partial charge in [-0.1, -0.05) is 0 Å². The van der Waals surface area contributed by atoms with Crippen LogP contribution < -0.4 is 4.74 Å². The summed E-state index contributed by atoms with van der Waals surface area (Å²) in [4.78, 5) is 13.8. The van der Waals surface area contributed by atoms with Crippen LogP contribution in [0.3, 0.4) is 0 Å². The number of benzene rings is 1. The molecular formula is C13H16ClF2NO2. The van der Waals surface area contributed by atoms with Crippen LogP contribution in [0, 0.1) is 0 Å². The van der Waals surface area contributed by atoms with Gasteiger partial charge >= 0.3 is 6.61 Å². The summed E-state index contributed by atoms with van der Waals surface area (Å²) in [5, 5.41) is 0. The average molecular weight is 292 g/mol. The quantitative estimate of drug-likeness (QED) is 0.721. The van der Waals surface area contributed by atoms with E-state index in [9.17, 15) is 13.6 Å². The van der Waals surface area contributed by atoms with E-state index in [2.05, 4.69) is 4.74 Å². The van der Waals surface area contributed by atoms with Crippen molar-refractivity contribution in [2.75, 3.05) is 19.0 Å². The number of ether oxygens (including phenoxy) is 1. The molecule has 0 N–H and O–H groups in total. The molecule has 0 unspecified atom stereocenters. The van der Waals surface area contributed by atoms with E-state index in [0.717, 1.165) is 0 Å². The van der Waals surface area contributed by atoms with E-state index in [1.807, 2.05) is 6.92 Å². The van der Waals surface area contributed by atoms with Crippen LogP contribution in [-0.2, 0) is 0 Å². The summed E-state index contributed by atoms with van der Waals surface area (Å²) >= 11 is 5.60. The fourth-order valence-electron chi connectivity index (χ4n) is 1.62. The van der Waals surface area contributed by atoms with Crippen molar-refractivity contribution in [1.82, 2.24) is 4.90 Å². The molecule has 1 aromatic carbocycles. The van der Waals surface area contributed by atoms with Gasteiger partial charge in [-0.05, 0) is 37.6 Å². The fourth-order valence-corrected chi connectivity index (χ4v) is 1.73. The highest BCUT2D eigenvalue weighted by Gasteiger charge is 2.14. The van der Waals surface area contributed by atoms with Gasteiger partial charge in [0, 0.05) is 24.5 Å². The van der Waals surface area contributed by atoms with Crippen LogP contribution >= 0.6 is 11.6 Å². The Labute approximate surface area is 116 Å². The molecule has 106 valence electrons. The van der Waals surface area contributed by atoms with Crippen LogP contribution in [0.15, 0.2) is 24.3 Å². The zero-order valence-corrected chi connectivity index (χ0v) is 11.4. The maximum Gasteiger partial charge on any atom is 0.387 e. The first-order chi connectivity index (χ1) is 9.08. The molecule has 0 spiro atoms. The molecule has 6 heteroatoms. The molecule has 19 heavy (non-hydrogen) atoms. The van der Waals surface area contributed by atoms with Crippen LogP contribution in [-0.4, -0.2) is 36.4 Å². The average Bonchev–Trinajstić information content (AvgIpc) is 2.39. The summed E-state index contributed by atoms with van der Waals surface area (Å²) in [5.74, 6) is 0.386. The van der Waals surface area contributed by atoms with Crippen molar-refractivity contribution >= 4 is 17.5 Å². The van der Waals surface area contributed by atoms with Crippen LogP contribution in [0.1, 0.15) is 23.7 Å². The molecule has 0 bridgehead atoms. The van der Waals surface area contributed by atoms with Gasteiger partial charge in [-0.2, -0.15) is 8.78 Å². The van der Waals surface area contributed by atoms with Gasteiger partial charge in [0.05, 0.1) is 0 Å². The summed E-state index contributed by atoms with van der Waals surface area (Å²) in [7, 11) is 0. The van der Waals surface area contributed by atoms with Crippen molar-refractivity contribution in [2.24, 2.45) is 0 Å². The van der Waals surface area contributed by atoms with E-state index in [1.54, 1.807) is 4.90 Å². The number of hydrogen-bond donors (Lipinski definition) is 0. The van der Waals surface area contributed by atoms with Crippen molar-refractivity contribution in [3.05, 3.63) is 29.8 Å². The summed E-state index contributed by atoms with van der Waals surface area (Å²) in [5.41, 5.74) is 0.443. The fraction of sp³-hybridized carbons (Fsp3) is 0.462. The second-order valence-electron chi connectivity index (χ2n) is 3.83. The molecule has 0 atom stereocenters. The molecular weight excluding hydrogens is 276 g/mol. The van der Waals surface area contributed by atoms with Crippen LogP contribution in [0.4, 0.5) is 8.78 Å². The molecule has 0 saturated heterocycles. The second kappa shape index (κ2) is 7.94. The normalized spacial score (nSPS) is 10.6. The molecule has 0 aromatic heterocycles. The predicted molar refractivity (Wildman–Crippen MR) is 70.0 cm³/mol. The lowest BCUT2D eigenvalue weighted by Crippen LogP contribution is -2.31. The molecule has 0 aliphatic rings. The highest BCUT2D eigenvalue weighted by Crippen LogP contribution is 2.16. The molecule has 0 aliphatic carbocycles. The number of halogens is 3. The standard InChI is InChI=1S/C13H16ClF2NO2/c1-2-17(9-3-8-14)12(18)10-4-6-11(7-5-10)19-13(15)16/h4-7,13H,2-3,8-9H2,1H3. The van der Waals surface area contributed by atoms with E-state index < -0.39 is 6.61 Å². The maximum absolute atomic E-state index is 12.1. The Bertz CT molecular complexity index is 398. The maximum atomic E-state index is 12.1. The molecule has 0 heterocycles. The smallest absolute Gasteiger partial charge is 0.387 e. The van der Waals surface area contributed by atoms with Crippen LogP contribution in [0.2, 0.25) is 0 Å². The molecule has 3 nitrogen and oxygen atoms in total. The second-order valence-corrected chi connectivity index (χ2v) is 4.21. The van der Waals surface area contributed by atoms with Gasteiger partial charge in [0.1, 0.15) is 5.75 Å². The van der Waals surface area contributed by atoms with Crippen molar-refractivity contribution in [1.29, 1.82) is 0 Å². The first-order valence-corrected chi connectivity index (χ1v) is 6.52. The highest BCUT2D eigenvalue weighted by atomic mass is 35.5. The van der Waals surface area contributed by atoms with Gasteiger partial charge in [0.2, 0.25) is 0 Å². The third-order valence-electron chi connectivity index (χ3n) is 2.56. The number of nitrogens with zero attached hydrogens (tertiary/aromatic N) is 1. The third kappa shape index (κ3) is 5.03. The summed E-state index contributed by atoms with van der Waals surface area (Å²) in [6.07, 6.45) is 0.716. The zero-order chi connectivity index (χ0) is 14.3. The van der Waals surface area contributed by atoms with Crippen LogP contribution in [0.5, 0.6) is 5.75 Å². The molecule has 0 radical (unpaired) electrons. The number of hydrogen-bond acceptors (Lipinski definition) is 2. The summed E-state index contributed by atoms with van der Waals surface area (Å²) < 4.78 is 28.2. The van der Waals surface area contributed by atoms with Crippen molar-refractivity contribution in [3.63, 3.8) is 0 Å². The van der Waals surface area contributed by atoms with E-state index in [4.69, 9.17) is 11.6 Å². The van der Waals surface area contributed by atoms with Crippen molar-refractivity contribution < 1.29 is 18.3 Å². The minimum atomic E-state index is -2.86. The van der Waals surface area contributed by atoms with E-state index in [0.29, 0.717) is 31.0 Å². The predicted octanol–water partition coefficient (Wildman–Crippen LogP) is 3.38. The lowest BCUT2D eigenvalue weighted by molar-refractivity contribution is -0.0498. The molecule has 1 rings (SSSR count). The van der Waals surface area contributed by atoms with Gasteiger partial charge in [0.15, 0.2) is 0 Å². The Morgan fingerprint density at radius 2 is 2.00 bits per heavy atom. The molecule has 1 amide bonds. The van der Waals surface area contributed by atoms with Crippen molar-refractivity contribution in [2.45, 2.75) is 20.0 Å². The first kappa shape index (κ1) is 15.7. The summed E-state index contributed by atoms with van der Waals surface area (Å²) in [6.45, 7) is 0.164. The lowest BCUT2D eigenvalue weighted by atomic mass is 10.2. The Morgan fingerprint density at radius 3 is 2.47 bits per heavy atom. The highest BCUT2D eigenvalue weighted by molar-refractivity contribution is 6.17.